The van der Waals surface area contributed by atoms with Crippen LogP contribution >= 0.6 is 0 Å². The van der Waals surface area contributed by atoms with Gasteiger partial charge in [-0.1, -0.05) is 0 Å². The molecule has 2 heterocycles. The van der Waals surface area contributed by atoms with Gasteiger partial charge in [0, 0.05) is 13.3 Å². The Morgan fingerprint density at radius 1 is 1.42 bits per heavy atom. The SMILES string of the molecule is CC(=O)N[C@H]1[C@H]([C@H](O)[C@H](O)COC(=O)[C@H]2CCCN2)O[C@@](C)(O)C[C@@H]1O. The lowest BCUT2D eigenvalue weighted by Gasteiger charge is -2.45. The Morgan fingerprint density at radius 3 is 2.69 bits per heavy atom. The third kappa shape index (κ3) is 5.35. The summed E-state index contributed by atoms with van der Waals surface area (Å²) in [6.07, 6.45) is -4.31. The van der Waals surface area contributed by atoms with Crippen LogP contribution in [0.25, 0.3) is 0 Å². The molecule has 2 rings (SSSR count). The summed E-state index contributed by atoms with van der Waals surface area (Å²) in [7, 11) is 0. The Hall–Kier alpha value is -1.30. The summed E-state index contributed by atoms with van der Waals surface area (Å²) < 4.78 is 10.4. The minimum atomic E-state index is -1.75. The molecule has 0 aromatic heterocycles. The predicted molar refractivity (Wildman–Crippen MR) is 87.7 cm³/mol. The van der Waals surface area contributed by atoms with Crippen LogP contribution < -0.4 is 10.6 Å². The smallest absolute Gasteiger partial charge is 0.323 e. The number of hydrogen-bond acceptors (Lipinski definition) is 9. The van der Waals surface area contributed by atoms with Crippen molar-refractivity contribution in [3.8, 4) is 0 Å². The summed E-state index contributed by atoms with van der Waals surface area (Å²) in [5, 5.41) is 46.2. The van der Waals surface area contributed by atoms with Crippen LogP contribution in [-0.4, -0.2) is 87.7 Å². The second kappa shape index (κ2) is 8.59. The number of esters is 1. The topological polar surface area (TPSA) is 158 Å². The first-order valence-electron chi connectivity index (χ1n) is 8.72. The lowest BCUT2D eigenvalue weighted by Crippen LogP contribution is -2.65. The van der Waals surface area contributed by atoms with E-state index in [1.165, 1.54) is 13.8 Å². The minimum Gasteiger partial charge on any atom is -0.462 e. The summed E-state index contributed by atoms with van der Waals surface area (Å²) in [6, 6.07) is -1.47. The predicted octanol–water partition coefficient (Wildman–Crippen LogP) is -2.63. The Bertz CT molecular complexity index is 508. The van der Waals surface area contributed by atoms with Gasteiger partial charge in [-0.15, -0.1) is 0 Å². The molecular formula is C16H28N2O8. The second-order valence-corrected chi connectivity index (χ2v) is 7.09. The molecule has 2 saturated heterocycles. The highest BCUT2D eigenvalue weighted by Crippen LogP contribution is 2.29. The molecule has 2 aliphatic heterocycles. The van der Waals surface area contributed by atoms with Crippen molar-refractivity contribution < 1.29 is 39.5 Å². The maximum absolute atomic E-state index is 11.9. The van der Waals surface area contributed by atoms with Crippen molar-refractivity contribution in [3.63, 3.8) is 0 Å². The van der Waals surface area contributed by atoms with Crippen LogP contribution in [0.3, 0.4) is 0 Å². The van der Waals surface area contributed by atoms with E-state index in [0.29, 0.717) is 13.0 Å². The fraction of sp³-hybridized carbons (Fsp3) is 0.875. The molecule has 26 heavy (non-hydrogen) atoms. The van der Waals surface area contributed by atoms with Crippen LogP contribution in [-0.2, 0) is 19.1 Å². The Kier molecular flexibility index (Phi) is 6.94. The van der Waals surface area contributed by atoms with Crippen LogP contribution in [0.15, 0.2) is 0 Å². The third-order valence-electron chi connectivity index (χ3n) is 4.59. The number of carbonyl (C=O) groups is 2. The van der Waals surface area contributed by atoms with Crippen LogP contribution in [0, 0.1) is 0 Å². The minimum absolute atomic E-state index is 0.181. The molecule has 6 N–H and O–H groups in total. The number of carbonyl (C=O) groups excluding carboxylic acids is 2. The van der Waals surface area contributed by atoms with E-state index in [2.05, 4.69) is 10.6 Å². The van der Waals surface area contributed by atoms with E-state index >= 15 is 0 Å². The zero-order valence-electron chi connectivity index (χ0n) is 14.9. The average molecular weight is 376 g/mol. The summed E-state index contributed by atoms with van der Waals surface area (Å²) in [5.74, 6) is -2.74. The molecular weight excluding hydrogens is 348 g/mol. The molecule has 10 heteroatoms. The highest BCUT2D eigenvalue weighted by Gasteiger charge is 2.48. The van der Waals surface area contributed by atoms with Crippen molar-refractivity contribution in [2.45, 2.75) is 75.4 Å². The number of rotatable bonds is 6. The van der Waals surface area contributed by atoms with Gasteiger partial charge in [0.25, 0.3) is 0 Å². The molecule has 0 aromatic rings. The Balaban J connectivity index is 1.98. The van der Waals surface area contributed by atoms with Gasteiger partial charge in [0.2, 0.25) is 5.91 Å². The maximum atomic E-state index is 11.9. The van der Waals surface area contributed by atoms with E-state index in [1.807, 2.05) is 0 Å². The van der Waals surface area contributed by atoms with Gasteiger partial charge in [0.1, 0.15) is 31.0 Å². The highest BCUT2D eigenvalue weighted by molar-refractivity contribution is 5.76. The first-order valence-corrected chi connectivity index (χ1v) is 8.72. The molecule has 0 spiro atoms. The van der Waals surface area contributed by atoms with Gasteiger partial charge in [0.05, 0.1) is 12.1 Å². The molecule has 2 fully saturated rings. The van der Waals surface area contributed by atoms with Crippen LogP contribution in [0.2, 0.25) is 0 Å². The molecule has 1 amide bonds. The van der Waals surface area contributed by atoms with Gasteiger partial charge in [-0.25, -0.2) is 0 Å². The molecule has 0 aromatic carbocycles. The quantitative estimate of drug-likeness (QED) is 0.273. The fourth-order valence-corrected chi connectivity index (χ4v) is 3.32. The van der Waals surface area contributed by atoms with Gasteiger partial charge in [-0.2, -0.15) is 0 Å². The van der Waals surface area contributed by atoms with Crippen molar-refractivity contribution in [2.24, 2.45) is 0 Å². The molecule has 0 radical (unpaired) electrons. The number of amides is 1. The largest absolute Gasteiger partial charge is 0.462 e. The van der Waals surface area contributed by atoms with E-state index in [9.17, 15) is 30.0 Å². The average Bonchev–Trinajstić information content (AvgIpc) is 3.07. The van der Waals surface area contributed by atoms with E-state index in [4.69, 9.17) is 9.47 Å². The molecule has 0 unspecified atom stereocenters. The van der Waals surface area contributed by atoms with Crippen LogP contribution in [0.5, 0.6) is 0 Å². The van der Waals surface area contributed by atoms with E-state index in [0.717, 1.165) is 6.42 Å². The van der Waals surface area contributed by atoms with E-state index in [1.54, 1.807) is 0 Å². The number of aliphatic hydroxyl groups is 4. The first-order chi connectivity index (χ1) is 12.1. The van der Waals surface area contributed by atoms with E-state index in [-0.39, 0.29) is 6.42 Å². The second-order valence-electron chi connectivity index (χ2n) is 7.09. The number of aliphatic hydroxyl groups excluding tert-OH is 3. The van der Waals surface area contributed by atoms with Crippen molar-refractivity contribution in [3.05, 3.63) is 0 Å². The summed E-state index contributed by atoms with van der Waals surface area (Å²) in [5.41, 5.74) is 0. The highest BCUT2D eigenvalue weighted by atomic mass is 16.6. The molecule has 150 valence electrons. The maximum Gasteiger partial charge on any atom is 0.323 e. The van der Waals surface area contributed by atoms with E-state index < -0.39 is 60.8 Å². The van der Waals surface area contributed by atoms with Crippen molar-refractivity contribution in [1.82, 2.24) is 10.6 Å². The zero-order chi connectivity index (χ0) is 19.5. The van der Waals surface area contributed by atoms with Crippen LogP contribution in [0.1, 0.15) is 33.1 Å². The molecule has 2 aliphatic rings. The molecule has 0 aliphatic carbocycles. The summed E-state index contributed by atoms with van der Waals surface area (Å²) in [4.78, 5) is 23.2. The van der Waals surface area contributed by atoms with Gasteiger partial charge < -0.3 is 40.5 Å². The number of ether oxygens (including phenoxy) is 2. The monoisotopic (exact) mass is 376 g/mol. The summed E-state index contributed by atoms with van der Waals surface area (Å²) in [6.45, 7) is 2.77. The van der Waals surface area contributed by atoms with Gasteiger partial charge in [-0.3, -0.25) is 9.59 Å². The van der Waals surface area contributed by atoms with Gasteiger partial charge in [-0.05, 0) is 26.3 Å². The summed E-state index contributed by atoms with van der Waals surface area (Å²) >= 11 is 0. The van der Waals surface area contributed by atoms with Gasteiger partial charge >= 0.3 is 5.97 Å². The molecule has 0 saturated carbocycles. The normalized spacial score (nSPS) is 37.0. The number of hydrogen-bond donors (Lipinski definition) is 6. The van der Waals surface area contributed by atoms with Crippen molar-refractivity contribution >= 4 is 11.9 Å². The molecule has 10 nitrogen and oxygen atoms in total. The Labute approximate surface area is 151 Å². The first kappa shape index (κ1) is 21.0. The Morgan fingerprint density at radius 2 is 2.12 bits per heavy atom. The molecule has 0 bridgehead atoms. The molecule has 7 atom stereocenters. The lowest BCUT2D eigenvalue weighted by atomic mass is 9.89. The fourth-order valence-electron chi connectivity index (χ4n) is 3.32. The van der Waals surface area contributed by atoms with Crippen molar-refractivity contribution in [1.29, 1.82) is 0 Å². The van der Waals surface area contributed by atoms with Crippen molar-refractivity contribution in [2.75, 3.05) is 13.2 Å². The van der Waals surface area contributed by atoms with Crippen LogP contribution in [0.4, 0.5) is 0 Å². The lowest BCUT2D eigenvalue weighted by molar-refractivity contribution is -0.292. The van der Waals surface area contributed by atoms with Gasteiger partial charge in [0.15, 0.2) is 5.79 Å². The number of nitrogens with one attached hydrogen (secondary N) is 2. The third-order valence-corrected chi connectivity index (χ3v) is 4.59. The standard InChI is InChI=1S/C16H28N2O8/c1-8(19)18-12-10(20)6-16(2,24)26-14(12)13(22)11(21)7-25-15(23)9-4-3-5-17-9/h9-14,17,20-22,24H,3-7H2,1-2H3,(H,18,19)/t9-,10+,11-,12-,13-,14-,16-/m1/s1. The zero-order valence-corrected chi connectivity index (χ0v) is 14.9.